The molecule has 7 heteroatoms. The number of nitrogens with one attached hydrogen (secondary N) is 2. The lowest BCUT2D eigenvalue weighted by Crippen LogP contribution is -2.44. The third kappa shape index (κ3) is 4.30. The molecule has 1 aromatic carbocycles. The number of aromatic nitrogens is 2. The minimum absolute atomic E-state index is 0.00422. The number of amides is 2. The molecule has 0 spiro atoms. The van der Waals surface area contributed by atoms with Gasteiger partial charge in [0.25, 0.3) is 5.56 Å². The van der Waals surface area contributed by atoms with Crippen LogP contribution in [0.1, 0.15) is 39.3 Å². The summed E-state index contributed by atoms with van der Waals surface area (Å²) >= 11 is 0. The van der Waals surface area contributed by atoms with Crippen molar-refractivity contribution in [2.75, 3.05) is 11.9 Å². The first kappa shape index (κ1) is 19.8. The van der Waals surface area contributed by atoms with Crippen LogP contribution in [-0.2, 0) is 16.0 Å². The first-order valence-electron chi connectivity index (χ1n) is 9.71. The number of hydrogen-bond donors (Lipinski definition) is 2. The van der Waals surface area contributed by atoms with Gasteiger partial charge in [-0.3, -0.25) is 14.4 Å². The van der Waals surface area contributed by atoms with Crippen LogP contribution in [0, 0.1) is 5.92 Å². The van der Waals surface area contributed by atoms with E-state index in [1.807, 2.05) is 26.8 Å². The van der Waals surface area contributed by atoms with Gasteiger partial charge in [-0.1, -0.05) is 32.9 Å². The summed E-state index contributed by atoms with van der Waals surface area (Å²) in [6.45, 7) is 6.24. The Kier molecular flexibility index (Phi) is 5.92. The average Bonchev–Trinajstić information content (AvgIpc) is 3.16. The molecule has 0 aliphatic carbocycles. The fourth-order valence-corrected chi connectivity index (χ4v) is 3.43. The largest absolute Gasteiger partial charge is 0.330 e. The maximum absolute atomic E-state index is 12.8. The summed E-state index contributed by atoms with van der Waals surface area (Å²) in [7, 11) is 0. The predicted molar refractivity (Wildman–Crippen MR) is 108 cm³/mol. The van der Waals surface area contributed by atoms with Crippen molar-refractivity contribution in [3.8, 4) is 11.4 Å². The summed E-state index contributed by atoms with van der Waals surface area (Å²) < 4.78 is 0. The maximum atomic E-state index is 12.8. The van der Waals surface area contributed by atoms with Crippen LogP contribution in [0.3, 0.4) is 0 Å². The fraction of sp³-hybridized carbons (Fsp3) is 0.429. The molecule has 2 amide bonds. The lowest BCUT2D eigenvalue weighted by molar-refractivity contribution is -0.139. The van der Waals surface area contributed by atoms with Crippen LogP contribution in [0.25, 0.3) is 11.4 Å². The number of carbonyl (C=O) groups excluding carboxylic acids is 2. The summed E-state index contributed by atoms with van der Waals surface area (Å²) in [6, 6.07) is 8.23. The summed E-state index contributed by atoms with van der Waals surface area (Å²) in [6.07, 6.45) is 2.15. The standard InChI is InChI=1S/C21H26N4O3/c1-4-15-12-18(26)24-19(22-15)14-7-5-8-16(11-14)23-20(27)17-9-6-10-25(17)21(28)13(2)3/h5,7-8,11-13,17H,4,6,9-10H2,1-3H3,(H,23,27)(H,22,24,26). The highest BCUT2D eigenvalue weighted by atomic mass is 16.2. The molecule has 1 atom stereocenters. The molecule has 0 radical (unpaired) electrons. The summed E-state index contributed by atoms with van der Waals surface area (Å²) in [5.41, 5.74) is 1.83. The van der Waals surface area contributed by atoms with Crippen molar-refractivity contribution in [3.05, 3.63) is 46.4 Å². The second-order valence-electron chi connectivity index (χ2n) is 7.35. The van der Waals surface area contributed by atoms with E-state index in [2.05, 4.69) is 15.3 Å². The lowest BCUT2D eigenvalue weighted by Gasteiger charge is -2.25. The molecule has 2 N–H and O–H groups in total. The molecule has 1 saturated heterocycles. The molecule has 1 aliphatic heterocycles. The molecular weight excluding hydrogens is 356 g/mol. The Balaban J connectivity index is 1.79. The van der Waals surface area contributed by atoms with E-state index in [1.54, 1.807) is 23.1 Å². The van der Waals surface area contributed by atoms with Crippen molar-refractivity contribution in [3.63, 3.8) is 0 Å². The van der Waals surface area contributed by atoms with E-state index in [9.17, 15) is 14.4 Å². The first-order valence-corrected chi connectivity index (χ1v) is 9.71. The fourth-order valence-electron chi connectivity index (χ4n) is 3.43. The quantitative estimate of drug-likeness (QED) is 0.831. The van der Waals surface area contributed by atoms with Crippen molar-refractivity contribution in [2.24, 2.45) is 5.92 Å². The van der Waals surface area contributed by atoms with E-state index in [1.165, 1.54) is 6.07 Å². The van der Waals surface area contributed by atoms with E-state index < -0.39 is 6.04 Å². The Morgan fingerprint density at radius 3 is 2.82 bits per heavy atom. The zero-order chi connectivity index (χ0) is 20.3. The van der Waals surface area contributed by atoms with Gasteiger partial charge < -0.3 is 15.2 Å². The molecule has 2 heterocycles. The van der Waals surface area contributed by atoms with Gasteiger partial charge in [-0.2, -0.15) is 0 Å². The van der Waals surface area contributed by atoms with Gasteiger partial charge in [-0.15, -0.1) is 0 Å². The number of benzene rings is 1. The van der Waals surface area contributed by atoms with Gasteiger partial charge in [0, 0.05) is 35.5 Å². The van der Waals surface area contributed by atoms with E-state index in [-0.39, 0.29) is 23.3 Å². The van der Waals surface area contributed by atoms with Crippen molar-refractivity contribution in [1.29, 1.82) is 0 Å². The van der Waals surface area contributed by atoms with Crippen LogP contribution >= 0.6 is 0 Å². The highest BCUT2D eigenvalue weighted by Crippen LogP contribution is 2.23. The number of rotatable bonds is 5. The normalized spacial score (nSPS) is 16.4. The highest BCUT2D eigenvalue weighted by Gasteiger charge is 2.34. The zero-order valence-corrected chi connectivity index (χ0v) is 16.5. The van der Waals surface area contributed by atoms with Crippen LogP contribution in [0.5, 0.6) is 0 Å². The van der Waals surface area contributed by atoms with Gasteiger partial charge in [0.15, 0.2) is 0 Å². The number of carbonyl (C=O) groups is 2. The van der Waals surface area contributed by atoms with Gasteiger partial charge in [-0.05, 0) is 31.4 Å². The number of anilines is 1. The number of hydrogen-bond acceptors (Lipinski definition) is 4. The van der Waals surface area contributed by atoms with Crippen molar-refractivity contribution in [2.45, 2.75) is 46.1 Å². The molecule has 28 heavy (non-hydrogen) atoms. The Hall–Kier alpha value is -2.96. The molecule has 1 unspecified atom stereocenters. The van der Waals surface area contributed by atoms with Crippen LogP contribution < -0.4 is 10.9 Å². The van der Waals surface area contributed by atoms with Crippen molar-refractivity contribution >= 4 is 17.5 Å². The molecule has 3 rings (SSSR count). The third-order valence-electron chi connectivity index (χ3n) is 4.89. The van der Waals surface area contributed by atoms with E-state index in [0.29, 0.717) is 42.2 Å². The third-order valence-corrected chi connectivity index (χ3v) is 4.89. The highest BCUT2D eigenvalue weighted by molar-refractivity contribution is 5.98. The molecule has 1 aromatic heterocycles. The van der Waals surface area contributed by atoms with E-state index in [0.717, 1.165) is 6.42 Å². The second kappa shape index (κ2) is 8.37. The molecular formula is C21H26N4O3. The molecule has 2 aromatic rings. The smallest absolute Gasteiger partial charge is 0.251 e. The average molecular weight is 382 g/mol. The van der Waals surface area contributed by atoms with E-state index in [4.69, 9.17) is 0 Å². The number of nitrogens with zero attached hydrogens (tertiary/aromatic N) is 2. The van der Waals surface area contributed by atoms with Gasteiger partial charge in [0.05, 0.1) is 0 Å². The van der Waals surface area contributed by atoms with Gasteiger partial charge >= 0.3 is 0 Å². The first-order chi connectivity index (χ1) is 13.4. The van der Waals surface area contributed by atoms with Gasteiger partial charge in [0.2, 0.25) is 11.8 Å². The predicted octanol–water partition coefficient (Wildman–Crippen LogP) is 2.58. The lowest BCUT2D eigenvalue weighted by atomic mass is 10.1. The Morgan fingerprint density at radius 2 is 2.11 bits per heavy atom. The number of H-pyrrole nitrogens is 1. The Labute approximate surface area is 164 Å². The topological polar surface area (TPSA) is 95.2 Å². The summed E-state index contributed by atoms with van der Waals surface area (Å²) in [4.78, 5) is 45.8. The second-order valence-corrected chi connectivity index (χ2v) is 7.35. The van der Waals surface area contributed by atoms with E-state index >= 15 is 0 Å². The number of likely N-dealkylation sites (tertiary alicyclic amines) is 1. The van der Waals surface area contributed by atoms with Crippen molar-refractivity contribution < 1.29 is 9.59 Å². The molecule has 1 aliphatic rings. The molecule has 1 fully saturated rings. The molecule has 0 saturated carbocycles. The number of aromatic amines is 1. The SMILES string of the molecule is CCc1cc(=O)[nH]c(-c2cccc(NC(=O)C3CCCN3C(=O)C(C)C)c2)n1. The molecule has 0 bridgehead atoms. The molecule has 148 valence electrons. The van der Waals surface area contributed by atoms with Gasteiger partial charge in [0.1, 0.15) is 11.9 Å². The van der Waals surface area contributed by atoms with Crippen LogP contribution in [0.4, 0.5) is 5.69 Å². The Bertz CT molecular complexity index is 935. The number of aryl methyl sites for hydroxylation is 1. The monoisotopic (exact) mass is 382 g/mol. The summed E-state index contributed by atoms with van der Waals surface area (Å²) in [5, 5.41) is 2.91. The summed E-state index contributed by atoms with van der Waals surface area (Å²) in [5.74, 6) is 0.153. The van der Waals surface area contributed by atoms with Crippen LogP contribution in [-0.4, -0.2) is 39.3 Å². The van der Waals surface area contributed by atoms with Gasteiger partial charge in [-0.25, -0.2) is 4.98 Å². The van der Waals surface area contributed by atoms with Crippen LogP contribution in [0.2, 0.25) is 0 Å². The van der Waals surface area contributed by atoms with Crippen LogP contribution in [0.15, 0.2) is 35.1 Å². The maximum Gasteiger partial charge on any atom is 0.251 e. The zero-order valence-electron chi connectivity index (χ0n) is 16.5. The Morgan fingerprint density at radius 1 is 1.32 bits per heavy atom. The molecule has 7 nitrogen and oxygen atoms in total. The minimum Gasteiger partial charge on any atom is -0.330 e. The minimum atomic E-state index is -0.445. The van der Waals surface area contributed by atoms with Crippen molar-refractivity contribution in [1.82, 2.24) is 14.9 Å².